The Morgan fingerprint density at radius 3 is 2.74 bits per heavy atom. The highest BCUT2D eigenvalue weighted by atomic mass is 79.9. The van der Waals surface area contributed by atoms with Gasteiger partial charge >= 0.3 is 0 Å². The molecule has 2 aliphatic carbocycles. The van der Waals surface area contributed by atoms with E-state index >= 15 is 0 Å². The first-order chi connectivity index (χ1) is 9.20. The lowest BCUT2D eigenvalue weighted by Crippen LogP contribution is -2.25. The summed E-state index contributed by atoms with van der Waals surface area (Å²) < 4.78 is 0.886. The number of fused-ring (bicyclic) bond motifs is 1. The number of rotatable bonds is 2. The molecule has 3 unspecified atom stereocenters. The van der Waals surface area contributed by atoms with Gasteiger partial charge in [-0.25, -0.2) is 9.97 Å². The Balaban J connectivity index is 1.59. The van der Waals surface area contributed by atoms with Crippen molar-refractivity contribution >= 4 is 21.7 Å². The maximum Gasteiger partial charge on any atom is 0.135 e. The van der Waals surface area contributed by atoms with Gasteiger partial charge < -0.3 is 10.0 Å². The lowest BCUT2D eigenvalue weighted by Gasteiger charge is -2.20. The molecule has 3 aliphatic rings. The van der Waals surface area contributed by atoms with Crippen LogP contribution in [0.25, 0.3) is 0 Å². The molecule has 2 heterocycles. The van der Waals surface area contributed by atoms with Crippen molar-refractivity contribution in [3.05, 3.63) is 16.5 Å². The molecule has 2 saturated carbocycles. The van der Waals surface area contributed by atoms with E-state index in [-0.39, 0.29) is 6.10 Å². The predicted octanol–water partition coefficient (Wildman–Crippen LogP) is 2.32. The summed E-state index contributed by atoms with van der Waals surface area (Å²) >= 11 is 3.50. The molecule has 4 rings (SSSR count). The van der Waals surface area contributed by atoms with Crippen LogP contribution in [0.5, 0.6) is 0 Å². The molecule has 1 aliphatic heterocycles. The molecule has 3 atom stereocenters. The van der Waals surface area contributed by atoms with Gasteiger partial charge in [0.1, 0.15) is 16.2 Å². The molecule has 102 valence electrons. The second kappa shape index (κ2) is 4.42. The fourth-order valence-corrected chi connectivity index (χ4v) is 3.92. The van der Waals surface area contributed by atoms with Crippen LogP contribution in [0.1, 0.15) is 37.4 Å². The zero-order chi connectivity index (χ0) is 13.0. The van der Waals surface area contributed by atoms with E-state index < -0.39 is 0 Å². The molecule has 1 saturated heterocycles. The average molecular weight is 324 g/mol. The molecule has 1 N–H and O–H groups in total. The summed E-state index contributed by atoms with van der Waals surface area (Å²) in [4.78, 5) is 11.5. The topological polar surface area (TPSA) is 49.2 Å². The zero-order valence-corrected chi connectivity index (χ0v) is 12.4. The third-order valence-corrected chi connectivity index (χ3v) is 5.19. The lowest BCUT2D eigenvalue weighted by atomic mass is 10.00. The number of aliphatic hydroxyl groups is 1. The molecule has 4 nitrogen and oxygen atoms in total. The number of halogens is 1. The molecule has 1 aromatic heterocycles. The number of nitrogens with zero attached hydrogens (tertiary/aromatic N) is 3. The number of hydrogen-bond donors (Lipinski definition) is 1. The summed E-state index contributed by atoms with van der Waals surface area (Å²) in [6.07, 6.45) is 4.47. The first-order valence-electron chi connectivity index (χ1n) is 7.18. The fourth-order valence-electron chi connectivity index (χ4n) is 3.53. The van der Waals surface area contributed by atoms with E-state index in [0.29, 0.717) is 17.8 Å². The summed E-state index contributed by atoms with van der Waals surface area (Å²) in [7, 11) is 0. The second-order valence-electron chi connectivity index (χ2n) is 6.15. The summed E-state index contributed by atoms with van der Waals surface area (Å²) in [5, 5.41) is 10.0. The SMILES string of the molecule is OC1CCC2CN(c3cc(Br)nc(C4CC4)n3)CC12. The molecule has 0 aromatic carbocycles. The molecule has 5 heteroatoms. The minimum atomic E-state index is -0.108. The van der Waals surface area contributed by atoms with Crippen molar-refractivity contribution in [2.75, 3.05) is 18.0 Å². The average Bonchev–Trinajstić information content (AvgIpc) is 3.06. The Morgan fingerprint density at radius 2 is 2.00 bits per heavy atom. The van der Waals surface area contributed by atoms with Crippen molar-refractivity contribution in [2.24, 2.45) is 11.8 Å². The van der Waals surface area contributed by atoms with E-state index in [0.717, 1.165) is 42.2 Å². The van der Waals surface area contributed by atoms with E-state index in [2.05, 4.69) is 25.8 Å². The largest absolute Gasteiger partial charge is 0.393 e. The normalized spacial score (nSPS) is 33.8. The van der Waals surface area contributed by atoms with Gasteiger partial charge in [0.2, 0.25) is 0 Å². The van der Waals surface area contributed by atoms with Crippen molar-refractivity contribution in [3.8, 4) is 0 Å². The van der Waals surface area contributed by atoms with Gasteiger partial charge in [-0.2, -0.15) is 0 Å². The zero-order valence-electron chi connectivity index (χ0n) is 10.8. The van der Waals surface area contributed by atoms with Gasteiger partial charge in [-0.3, -0.25) is 0 Å². The first-order valence-corrected chi connectivity index (χ1v) is 7.97. The number of hydrogen-bond acceptors (Lipinski definition) is 4. The Hall–Kier alpha value is -0.680. The van der Waals surface area contributed by atoms with Gasteiger partial charge in [0, 0.05) is 31.0 Å². The molecule has 0 amide bonds. The van der Waals surface area contributed by atoms with Crippen LogP contribution in [-0.4, -0.2) is 34.3 Å². The van der Waals surface area contributed by atoms with Gasteiger partial charge in [-0.1, -0.05) is 0 Å². The van der Waals surface area contributed by atoms with Crippen LogP contribution in [-0.2, 0) is 0 Å². The maximum absolute atomic E-state index is 10.0. The highest BCUT2D eigenvalue weighted by molar-refractivity contribution is 9.10. The highest BCUT2D eigenvalue weighted by Crippen LogP contribution is 2.42. The quantitative estimate of drug-likeness (QED) is 0.849. The van der Waals surface area contributed by atoms with E-state index in [4.69, 9.17) is 4.98 Å². The van der Waals surface area contributed by atoms with Crippen LogP contribution >= 0.6 is 15.9 Å². The van der Waals surface area contributed by atoms with Crippen molar-refractivity contribution in [1.82, 2.24) is 9.97 Å². The van der Waals surface area contributed by atoms with E-state index in [9.17, 15) is 5.11 Å². The highest BCUT2D eigenvalue weighted by Gasteiger charge is 2.42. The van der Waals surface area contributed by atoms with Crippen LogP contribution in [0, 0.1) is 11.8 Å². The molecule has 0 bridgehead atoms. The summed E-state index contributed by atoms with van der Waals surface area (Å²) in [6.45, 7) is 1.98. The van der Waals surface area contributed by atoms with Crippen molar-refractivity contribution in [1.29, 1.82) is 0 Å². The number of aromatic nitrogens is 2. The molecule has 0 radical (unpaired) electrons. The Kier molecular flexibility index (Phi) is 2.81. The summed E-state index contributed by atoms with van der Waals surface area (Å²) in [5.74, 6) is 3.68. The minimum absolute atomic E-state index is 0.108. The fraction of sp³-hybridized carbons (Fsp3) is 0.714. The summed E-state index contributed by atoms with van der Waals surface area (Å²) in [5.41, 5.74) is 0. The van der Waals surface area contributed by atoms with Crippen molar-refractivity contribution < 1.29 is 5.11 Å². The Morgan fingerprint density at radius 1 is 1.16 bits per heavy atom. The van der Waals surface area contributed by atoms with Gasteiger partial charge in [-0.05, 0) is 47.5 Å². The van der Waals surface area contributed by atoms with Gasteiger partial charge in [0.25, 0.3) is 0 Å². The number of anilines is 1. The molecule has 19 heavy (non-hydrogen) atoms. The Bertz CT molecular complexity index is 505. The van der Waals surface area contributed by atoms with E-state index in [1.807, 2.05) is 6.07 Å². The van der Waals surface area contributed by atoms with E-state index in [1.165, 1.54) is 12.8 Å². The summed E-state index contributed by atoms with van der Waals surface area (Å²) in [6, 6.07) is 2.01. The molecule has 3 fully saturated rings. The molecule has 1 aromatic rings. The monoisotopic (exact) mass is 323 g/mol. The lowest BCUT2D eigenvalue weighted by molar-refractivity contribution is 0.133. The predicted molar refractivity (Wildman–Crippen MR) is 76.1 cm³/mol. The van der Waals surface area contributed by atoms with Crippen LogP contribution in [0.15, 0.2) is 10.7 Å². The van der Waals surface area contributed by atoms with Gasteiger partial charge in [0.15, 0.2) is 0 Å². The van der Waals surface area contributed by atoms with Crippen molar-refractivity contribution in [2.45, 2.75) is 37.7 Å². The third kappa shape index (κ3) is 2.17. The maximum atomic E-state index is 10.0. The molecular weight excluding hydrogens is 306 g/mol. The van der Waals surface area contributed by atoms with E-state index in [1.54, 1.807) is 0 Å². The Labute approximate surface area is 121 Å². The molecule has 0 spiro atoms. The van der Waals surface area contributed by atoms with Gasteiger partial charge in [-0.15, -0.1) is 0 Å². The molecular formula is C14H18BrN3O. The van der Waals surface area contributed by atoms with Gasteiger partial charge in [0.05, 0.1) is 6.10 Å². The van der Waals surface area contributed by atoms with Crippen LogP contribution in [0.4, 0.5) is 5.82 Å². The third-order valence-electron chi connectivity index (χ3n) is 4.78. The van der Waals surface area contributed by atoms with Crippen molar-refractivity contribution in [3.63, 3.8) is 0 Å². The minimum Gasteiger partial charge on any atom is -0.393 e. The number of aliphatic hydroxyl groups excluding tert-OH is 1. The first kappa shape index (κ1) is 12.1. The smallest absolute Gasteiger partial charge is 0.135 e. The van der Waals surface area contributed by atoms with Crippen LogP contribution in [0.2, 0.25) is 0 Å². The standard InChI is InChI=1S/C14H18BrN3O/c15-12-5-13(17-14(16-12)8-1-2-8)18-6-9-3-4-11(19)10(9)7-18/h5,8-11,19H,1-4,6-7H2. The van der Waals surface area contributed by atoms with Crippen LogP contribution in [0.3, 0.4) is 0 Å². The second-order valence-corrected chi connectivity index (χ2v) is 6.97. The van der Waals surface area contributed by atoms with Crippen LogP contribution < -0.4 is 4.90 Å².